The zero-order chi connectivity index (χ0) is 10.4. The van der Waals surface area contributed by atoms with Gasteiger partial charge in [0.25, 0.3) is 0 Å². The lowest BCUT2D eigenvalue weighted by atomic mass is 9.98. The summed E-state index contributed by atoms with van der Waals surface area (Å²) in [5.74, 6) is 0.290. The molecule has 0 heterocycles. The molecule has 0 aromatic heterocycles. The molecule has 0 bridgehead atoms. The van der Waals surface area contributed by atoms with Crippen LogP contribution in [0.25, 0.3) is 0 Å². The average Bonchev–Trinajstić information content (AvgIpc) is 2.11. The largest absolute Gasteiger partial charge is 0.390 e. The van der Waals surface area contributed by atoms with Crippen LogP contribution in [0.2, 0.25) is 0 Å². The van der Waals surface area contributed by atoms with Gasteiger partial charge in [-0.05, 0) is 6.54 Å². The summed E-state index contributed by atoms with van der Waals surface area (Å²) in [5.41, 5.74) is 0. The van der Waals surface area contributed by atoms with Gasteiger partial charge in [-0.15, -0.1) is 0 Å². The highest BCUT2D eigenvalue weighted by molar-refractivity contribution is 7.80. The Hall–Kier alpha value is -0.0600. The summed E-state index contributed by atoms with van der Waals surface area (Å²) in [4.78, 5) is 11.6. The Morgan fingerprint density at radius 2 is 2.08 bits per heavy atom. The number of hydrogen-bond acceptors (Lipinski definition) is 4. The van der Waals surface area contributed by atoms with Gasteiger partial charge in [0.15, 0.2) is 5.78 Å². The van der Waals surface area contributed by atoms with E-state index in [1.165, 1.54) is 0 Å². The van der Waals surface area contributed by atoms with Crippen LogP contribution in [0.3, 0.4) is 0 Å². The fourth-order valence-corrected chi connectivity index (χ4v) is 1.32. The third-order valence-corrected chi connectivity index (χ3v) is 2.25. The predicted molar refractivity (Wildman–Crippen MR) is 57.2 cm³/mol. The molecule has 3 nitrogen and oxygen atoms in total. The van der Waals surface area contributed by atoms with Gasteiger partial charge < -0.3 is 10.4 Å². The van der Waals surface area contributed by atoms with Crippen molar-refractivity contribution in [1.29, 1.82) is 0 Å². The van der Waals surface area contributed by atoms with Gasteiger partial charge in [-0.3, -0.25) is 4.79 Å². The number of rotatable bonds is 6. The lowest BCUT2D eigenvalue weighted by Crippen LogP contribution is -2.48. The summed E-state index contributed by atoms with van der Waals surface area (Å²) in [6.45, 7) is 6.25. The van der Waals surface area contributed by atoms with Crippen LogP contribution in [0, 0.1) is 5.92 Å². The Morgan fingerprint density at radius 3 is 2.38 bits per heavy atom. The monoisotopic (exact) mass is 205 g/mol. The molecule has 0 rings (SSSR count). The van der Waals surface area contributed by atoms with Gasteiger partial charge in [0.1, 0.15) is 0 Å². The van der Waals surface area contributed by atoms with Crippen molar-refractivity contribution in [3.63, 3.8) is 0 Å². The van der Waals surface area contributed by atoms with E-state index in [0.29, 0.717) is 12.3 Å². The predicted octanol–water partition coefficient (Wildman–Crippen LogP) is 0.480. The molecule has 0 aliphatic rings. The van der Waals surface area contributed by atoms with Crippen LogP contribution in [0.1, 0.15) is 20.8 Å². The van der Waals surface area contributed by atoms with E-state index in [0.717, 1.165) is 0 Å². The van der Waals surface area contributed by atoms with Gasteiger partial charge in [0, 0.05) is 11.7 Å². The number of thiol groups is 1. The van der Waals surface area contributed by atoms with Gasteiger partial charge in [-0.1, -0.05) is 20.8 Å². The average molecular weight is 205 g/mol. The normalized spacial score (nSPS) is 15.8. The molecule has 78 valence electrons. The van der Waals surface area contributed by atoms with Crippen molar-refractivity contribution < 1.29 is 9.90 Å². The first kappa shape index (κ1) is 12.9. The number of Topliss-reactive ketones (excluding diaryl/α,β-unsaturated/α-hetero) is 1. The summed E-state index contributed by atoms with van der Waals surface area (Å²) in [6.07, 6.45) is -0.696. The summed E-state index contributed by atoms with van der Waals surface area (Å²) in [7, 11) is 0. The Morgan fingerprint density at radius 1 is 1.54 bits per heavy atom. The molecule has 0 saturated carbocycles. The molecule has 0 aliphatic heterocycles. The maximum absolute atomic E-state index is 11.6. The van der Waals surface area contributed by atoms with E-state index in [2.05, 4.69) is 17.9 Å². The van der Waals surface area contributed by atoms with Crippen molar-refractivity contribution in [2.75, 3.05) is 12.3 Å². The van der Waals surface area contributed by atoms with Crippen LogP contribution in [-0.2, 0) is 4.79 Å². The first-order valence-corrected chi connectivity index (χ1v) is 5.23. The zero-order valence-corrected chi connectivity index (χ0v) is 9.34. The number of carbonyl (C=O) groups excluding carboxylic acids is 1. The fourth-order valence-electron chi connectivity index (χ4n) is 1.11. The second-order valence-electron chi connectivity index (χ2n) is 3.34. The van der Waals surface area contributed by atoms with Crippen molar-refractivity contribution >= 4 is 18.4 Å². The Labute approximate surface area is 85.3 Å². The van der Waals surface area contributed by atoms with Crippen LogP contribution >= 0.6 is 12.6 Å². The zero-order valence-electron chi connectivity index (χ0n) is 8.45. The van der Waals surface area contributed by atoms with Crippen LogP contribution in [0.5, 0.6) is 0 Å². The standard InChI is InChI=1S/C9H19NO2S/c1-4-10-8(7(11)5-13)9(12)6(2)3/h6-8,10-11,13H,4-5H2,1-3H3. The van der Waals surface area contributed by atoms with E-state index in [1.807, 2.05) is 20.8 Å². The number of aliphatic hydroxyl groups is 1. The number of likely N-dealkylation sites (N-methyl/N-ethyl adjacent to an activating group) is 1. The number of nitrogens with one attached hydrogen (secondary N) is 1. The molecule has 2 atom stereocenters. The van der Waals surface area contributed by atoms with Gasteiger partial charge in [0.2, 0.25) is 0 Å². The minimum atomic E-state index is -0.696. The summed E-state index contributed by atoms with van der Waals surface area (Å²) >= 11 is 3.97. The third kappa shape index (κ3) is 4.11. The van der Waals surface area contributed by atoms with Gasteiger partial charge >= 0.3 is 0 Å². The third-order valence-electron chi connectivity index (χ3n) is 1.87. The van der Waals surface area contributed by atoms with E-state index >= 15 is 0 Å². The number of aliphatic hydroxyl groups excluding tert-OH is 1. The molecule has 0 aromatic rings. The van der Waals surface area contributed by atoms with E-state index in [1.54, 1.807) is 0 Å². The van der Waals surface area contributed by atoms with Crippen molar-refractivity contribution in [1.82, 2.24) is 5.32 Å². The van der Waals surface area contributed by atoms with E-state index < -0.39 is 12.1 Å². The van der Waals surface area contributed by atoms with E-state index in [4.69, 9.17) is 0 Å². The second kappa shape index (κ2) is 6.40. The van der Waals surface area contributed by atoms with E-state index in [9.17, 15) is 9.90 Å². The van der Waals surface area contributed by atoms with E-state index in [-0.39, 0.29) is 11.7 Å². The summed E-state index contributed by atoms with van der Waals surface area (Å²) in [5, 5.41) is 12.5. The topological polar surface area (TPSA) is 49.3 Å². The molecule has 13 heavy (non-hydrogen) atoms. The van der Waals surface area contributed by atoms with Crippen molar-refractivity contribution in [3.05, 3.63) is 0 Å². The molecule has 0 spiro atoms. The number of carbonyl (C=O) groups is 1. The highest BCUT2D eigenvalue weighted by atomic mass is 32.1. The van der Waals surface area contributed by atoms with Gasteiger partial charge in [-0.2, -0.15) is 12.6 Å². The van der Waals surface area contributed by atoms with Crippen molar-refractivity contribution in [2.45, 2.75) is 32.9 Å². The van der Waals surface area contributed by atoms with Crippen LogP contribution in [0.4, 0.5) is 0 Å². The molecule has 0 amide bonds. The highest BCUT2D eigenvalue weighted by Gasteiger charge is 2.26. The van der Waals surface area contributed by atoms with Crippen LogP contribution in [-0.4, -0.2) is 35.3 Å². The Bertz CT molecular complexity index is 162. The number of ketones is 1. The highest BCUT2D eigenvalue weighted by Crippen LogP contribution is 2.05. The first-order valence-electron chi connectivity index (χ1n) is 4.60. The first-order chi connectivity index (χ1) is 6.04. The minimum absolute atomic E-state index is 0.0448. The summed E-state index contributed by atoms with van der Waals surface area (Å²) < 4.78 is 0. The molecule has 0 aliphatic carbocycles. The van der Waals surface area contributed by atoms with Gasteiger partial charge in [-0.25, -0.2) is 0 Å². The number of hydrogen-bond donors (Lipinski definition) is 3. The lowest BCUT2D eigenvalue weighted by Gasteiger charge is -2.22. The quantitative estimate of drug-likeness (QED) is 0.553. The Balaban J connectivity index is 4.31. The van der Waals surface area contributed by atoms with Crippen LogP contribution in [0.15, 0.2) is 0 Å². The molecule has 0 aromatic carbocycles. The van der Waals surface area contributed by atoms with Crippen molar-refractivity contribution in [2.24, 2.45) is 5.92 Å². The molecule has 0 saturated heterocycles. The minimum Gasteiger partial charge on any atom is -0.390 e. The lowest BCUT2D eigenvalue weighted by molar-refractivity contribution is -0.126. The van der Waals surface area contributed by atoms with Gasteiger partial charge in [0.05, 0.1) is 12.1 Å². The second-order valence-corrected chi connectivity index (χ2v) is 3.71. The molecule has 0 fully saturated rings. The smallest absolute Gasteiger partial charge is 0.154 e. The van der Waals surface area contributed by atoms with Crippen LogP contribution < -0.4 is 5.32 Å². The molecule has 2 unspecified atom stereocenters. The summed E-state index contributed by atoms with van der Waals surface area (Å²) in [6, 6.07) is -0.470. The SMILES string of the molecule is CCNC(C(=O)C(C)C)C(O)CS. The molecular weight excluding hydrogens is 186 g/mol. The van der Waals surface area contributed by atoms with Crippen molar-refractivity contribution in [3.8, 4) is 0 Å². The molecule has 0 radical (unpaired) electrons. The molecule has 2 N–H and O–H groups in total. The maximum atomic E-state index is 11.6. The fraction of sp³-hybridized carbons (Fsp3) is 0.889. The molecular formula is C9H19NO2S. The Kier molecular flexibility index (Phi) is 6.37. The maximum Gasteiger partial charge on any atom is 0.154 e. The molecule has 4 heteroatoms.